The van der Waals surface area contributed by atoms with E-state index >= 15 is 0 Å². The van der Waals surface area contributed by atoms with Crippen molar-refractivity contribution in [2.45, 2.75) is 53.6 Å². The third-order valence-corrected chi connectivity index (χ3v) is 3.25. The van der Waals surface area contributed by atoms with Gasteiger partial charge in [-0.25, -0.2) is 0 Å². The van der Waals surface area contributed by atoms with Gasteiger partial charge in [-0.1, -0.05) is 24.6 Å². The molecule has 0 aromatic heterocycles. The zero-order chi connectivity index (χ0) is 13.5. The Hall–Kier alpha value is -1.02. The van der Waals surface area contributed by atoms with Gasteiger partial charge < -0.3 is 10.2 Å². The Morgan fingerprint density at radius 3 is 2.50 bits per heavy atom. The molecule has 102 valence electrons. The van der Waals surface area contributed by atoms with Crippen LogP contribution in [-0.2, 0) is 6.54 Å². The molecule has 1 N–H and O–H groups in total. The van der Waals surface area contributed by atoms with E-state index in [0.29, 0.717) is 6.04 Å². The standard InChI is InChI=1S/C16H28N2/c1-6-10-17-12-15-11-14(5)8-9-16(15)18(7-2)13(3)4/h8-9,11,13,17H,6-7,10,12H2,1-5H3. The summed E-state index contributed by atoms with van der Waals surface area (Å²) in [6, 6.07) is 7.33. The van der Waals surface area contributed by atoms with Gasteiger partial charge in [0, 0.05) is 24.8 Å². The third-order valence-electron chi connectivity index (χ3n) is 3.25. The van der Waals surface area contributed by atoms with Gasteiger partial charge in [0.2, 0.25) is 0 Å². The van der Waals surface area contributed by atoms with Crippen LogP contribution in [0.5, 0.6) is 0 Å². The minimum Gasteiger partial charge on any atom is -0.369 e. The monoisotopic (exact) mass is 248 g/mol. The molecule has 0 aliphatic carbocycles. The second-order valence-electron chi connectivity index (χ2n) is 5.19. The highest BCUT2D eigenvalue weighted by Gasteiger charge is 2.12. The van der Waals surface area contributed by atoms with E-state index < -0.39 is 0 Å². The molecule has 0 saturated heterocycles. The fourth-order valence-corrected chi connectivity index (χ4v) is 2.35. The molecule has 1 aromatic rings. The largest absolute Gasteiger partial charge is 0.369 e. The van der Waals surface area contributed by atoms with Crippen molar-refractivity contribution in [1.82, 2.24) is 5.32 Å². The molecule has 0 amide bonds. The molecule has 18 heavy (non-hydrogen) atoms. The van der Waals surface area contributed by atoms with E-state index in [1.165, 1.54) is 23.2 Å². The highest BCUT2D eigenvalue weighted by molar-refractivity contribution is 5.55. The average Bonchev–Trinajstić information content (AvgIpc) is 2.32. The van der Waals surface area contributed by atoms with Gasteiger partial charge in [0.25, 0.3) is 0 Å². The Morgan fingerprint density at radius 1 is 1.22 bits per heavy atom. The quantitative estimate of drug-likeness (QED) is 0.740. The lowest BCUT2D eigenvalue weighted by Crippen LogP contribution is -2.31. The molecule has 1 rings (SSSR count). The van der Waals surface area contributed by atoms with Crippen molar-refractivity contribution in [1.29, 1.82) is 0 Å². The Balaban J connectivity index is 2.94. The second-order valence-corrected chi connectivity index (χ2v) is 5.19. The Bertz CT molecular complexity index is 358. The number of nitrogens with zero attached hydrogens (tertiary/aromatic N) is 1. The predicted molar refractivity (Wildman–Crippen MR) is 81.3 cm³/mol. The fourth-order valence-electron chi connectivity index (χ4n) is 2.35. The van der Waals surface area contributed by atoms with E-state index in [0.717, 1.165) is 19.6 Å². The number of hydrogen-bond acceptors (Lipinski definition) is 2. The van der Waals surface area contributed by atoms with Crippen LogP contribution in [0, 0.1) is 6.92 Å². The molecule has 0 heterocycles. The molecule has 2 nitrogen and oxygen atoms in total. The predicted octanol–water partition coefficient (Wildman–Crippen LogP) is 3.73. The summed E-state index contributed by atoms with van der Waals surface area (Å²) >= 11 is 0. The SMILES string of the molecule is CCCNCc1cc(C)ccc1N(CC)C(C)C. The molecular formula is C16H28N2. The number of hydrogen-bond donors (Lipinski definition) is 1. The van der Waals surface area contributed by atoms with E-state index in [1.807, 2.05) is 0 Å². The first kappa shape index (κ1) is 15.0. The van der Waals surface area contributed by atoms with Crippen molar-refractivity contribution in [2.75, 3.05) is 18.0 Å². The molecule has 0 aliphatic heterocycles. The summed E-state index contributed by atoms with van der Waals surface area (Å²) in [6.45, 7) is 14.2. The fraction of sp³-hybridized carbons (Fsp3) is 0.625. The minimum atomic E-state index is 0.544. The summed E-state index contributed by atoms with van der Waals surface area (Å²) < 4.78 is 0. The van der Waals surface area contributed by atoms with Gasteiger partial charge in [-0.15, -0.1) is 0 Å². The molecule has 0 spiro atoms. The zero-order valence-electron chi connectivity index (χ0n) is 12.6. The van der Waals surface area contributed by atoms with Gasteiger partial charge in [0.1, 0.15) is 0 Å². The summed E-state index contributed by atoms with van der Waals surface area (Å²) in [5.74, 6) is 0. The summed E-state index contributed by atoms with van der Waals surface area (Å²) in [6.07, 6.45) is 1.18. The van der Waals surface area contributed by atoms with Crippen molar-refractivity contribution in [2.24, 2.45) is 0 Å². The first-order chi connectivity index (χ1) is 8.60. The number of benzene rings is 1. The van der Waals surface area contributed by atoms with Crippen LogP contribution in [0.4, 0.5) is 5.69 Å². The summed E-state index contributed by atoms with van der Waals surface area (Å²) in [5.41, 5.74) is 4.13. The van der Waals surface area contributed by atoms with Crippen LogP contribution in [0.1, 0.15) is 45.2 Å². The molecule has 0 atom stereocenters. The molecule has 0 radical (unpaired) electrons. The topological polar surface area (TPSA) is 15.3 Å². The first-order valence-electron chi connectivity index (χ1n) is 7.17. The van der Waals surface area contributed by atoms with Gasteiger partial charge in [-0.2, -0.15) is 0 Å². The van der Waals surface area contributed by atoms with Crippen molar-refractivity contribution >= 4 is 5.69 Å². The van der Waals surface area contributed by atoms with Crippen molar-refractivity contribution in [3.05, 3.63) is 29.3 Å². The number of rotatable bonds is 7. The van der Waals surface area contributed by atoms with Crippen LogP contribution < -0.4 is 10.2 Å². The van der Waals surface area contributed by atoms with Crippen LogP contribution in [0.3, 0.4) is 0 Å². The van der Waals surface area contributed by atoms with Crippen molar-refractivity contribution in [3.8, 4) is 0 Å². The van der Waals surface area contributed by atoms with Crippen LogP contribution in [0.25, 0.3) is 0 Å². The highest BCUT2D eigenvalue weighted by atomic mass is 15.1. The second kappa shape index (κ2) is 7.42. The lowest BCUT2D eigenvalue weighted by molar-refractivity contribution is 0.661. The third kappa shape index (κ3) is 4.02. The smallest absolute Gasteiger partial charge is 0.0414 e. The normalized spacial score (nSPS) is 11.0. The summed E-state index contributed by atoms with van der Waals surface area (Å²) in [7, 11) is 0. The maximum Gasteiger partial charge on any atom is 0.0414 e. The molecule has 0 aliphatic rings. The molecule has 2 heteroatoms. The van der Waals surface area contributed by atoms with E-state index in [1.54, 1.807) is 0 Å². The van der Waals surface area contributed by atoms with Crippen LogP contribution in [0.15, 0.2) is 18.2 Å². The van der Waals surface area contributed by atoms with Crippen LogP contribution >= 0.6 is 0 Å². The van der Waals surface area contributed by atoms with E-state index in [-0.39, 0.29) is 0 Å². The summed E-state index contributed by atoms with van der Waals surface area (Å²) in [4.78, 5) is 2.46. The van der Waals surface area contributed by atoms with Gasteiger partial charge in [0.15, 0.2) is 0 Å². The Kier molecular flexibility index (Phi) is 6.20. The molecule has 1 aromatic carbocycles. The van der Waals surface area contributed by atoms with Crippen LogP contribution in [-0.4, -0.2) is 19.1 Å². The first-order valence-corrected chi connectivity index (χ1v) is 7.17. The van der Waals surface area contributed by atoms with Crippen molar-refractivity contribution < 1.29 is 0 Å². The molecule has 0 fully saturated rings. The molecule has 0 saturated carbocycles. The van der Waals surface area contributed by atoms with E-state index in [9.17, 15) is 0 Å². The number of aryl methyl sites for hydroxylation is 1. The lowest BCUT2D eigenvalue weighted by atomic mass is 10.1. The van der Waals surface area contributed by atoms with E-state index in [2.05, 4.69) is 63.0 Å². The van der Waals surface area contributed by atoms with Gasteiger partial charge >= 0.3 is 0 Å². The van der Waals surface area contributed by atoms with Gasteiger partial charge in [-0.05, 0) is 52.3 Å². The number of anilines is 1. The summed E-state index contributed by atoms with van der Waals surface area (Å²) in [5, 5.41) is 3.51. The van der Waals surface area contributed by atoms with Gasteiger partial charge in [-0.3, -0.25) is 0 Å². The number of nitrogens with one attached hydrogen (secondary N) is 1. The average molecular weight is 248 g/mol. The Labute approximate surface area is 112 Å². The van der Waals surface area contributed by atoms with E-state index in [4.69, 9.17) is 0 Å². The maximum absolute atomic E-state index is 3.51. The zero-order valence-corrected chi connectivity index (χ0v) is 12.6. The van der Waals surface area contributed by atoms with Crippen molar-refractivity contribution in [3.63, 3.8) is 0 Å². The molecular weight excluding hydrogens is 220 g/mol. The van der Waals surface area contributed by atoms with Gasteiger partial charge in [0.05, 0.1) is 0 Å². The maximum atomic E-state index is 3.51. The Morgan fingerprint density at radius 2 is 1.94 bits per heavy atom. The minimum absolute atomic E-state index is 0.544. The lowest BCUT2D eigenvalue weighted by Gasteiger charge is -2.30. The molecule has 0 bridgehead atoms. The molecule has 0 unspecified atom stereocenters. The van der Waals surface area contributed by atoms with Crippen LogP contribution in [0.2, 0.25) is 0 Å². The highest BCUT2D eigenvalue weighted by Crippen LogP contribution is 2.23.